The molecule has 1 aliphatic rings. The smallest absolute Gasteiger partial charge is 0.0106 e. The van der Waals surface area contributed by atoms with E-state index in [1.807, 2.05) is 0 Å². The molecule has 0 radical (unpaired) electrons. The molecule has 0 heterocycles. The highest BCUT2D eigenvalue weighted by Crippen LogP contribution is 2.28. The Bertz CT molecular complexity index is 191. The van der Waals surface area contributed by atoms with Gasteiger partial charge in [0.2, 0.25) is 0 Å². The van der Waals surface area contributed by atoms with Gasteiger partial charge in [-0.15, -0.1) is 0 Å². The van der Waals surface area contributed by atoms with Crippen LogP contribution in [-0.2, 0) is 0 Å². The van der Waals surface area contributed by atoms with Gasteiger partial charge >= 0.3 is 0 Å². The van der Waals surface area contributed by atoms with E-state index < -0.39 is 0 Å². The SMILES string of the molecule is CC1=CC(C)C(/C=C\CN)CC1. The summed E-state index contributed by atoms with van der Waals surface area (Å²) >= 11 is 0. The first-order valence-corrected chi connectivity index (χ1v) is 4.78. The summed E-state index contributed by atoms with van der Waals surface area (Å²) in [6, 6.07) is 0. The van der Waals surface area contributed by atoms with Gasteiger partial charge in [-0.25, -0.2) is 0 Å². The maximum atomic E-state index is 5.42. The molecule has 12 heavy (non-hydrogen) atoms. The van der Waals surface area contributed by atoms with E-state index in [0.717, 1.165) is 5.92 Å². The van der Waals surface area contributed by atoms with E-state index in [1.165, 1.54) is 12.8 Å². The Hall–Kier alpha value is -0.560. The minimum atomic E-state index is 0.673. The van der Waals surface area contributed by atoms with Crippen molar-refractivity contribution in [3.8, 4) is 0 Å². The Morgan fingerprint density at radius 3 is 3.00 bits per heavy atom. The summed E-state index contributed by atoms with van der Waals surface area (Å²) in [6.07, 6.45) is 9.28. The van der Waals surface area contributed by atoms with Crippen molar-refractivity contribution in [1.29, 1.82) is 0 Å². The molecule has 1 aliphatic carbocycles. The third-order valence-electron chi connectivity index (χ3n) is 2.61. The Morgan fingerprint density at radius 1 is 1.67 bits per heavy atom. The van der Waals surface area contributed by atoms with Crippen molar-refractivity contribution in [2.75, 3.05) is 6.54 Å². The lowest BCUT2D eigenvalue weighted by molar-refractivity contribution is 0.448. The summed E-state index contributed by atoms with van der Waals surface area (Å²) in [4.78, 5) is 0. The average molecular weight is 165 g/mol. The normalized spacial score (nSPS) is 30.8. The predicted molar refractivity (Wildman–Crippen MR) is 53.8 cm³/mol. The molecular formula is C11H19N. The predicted octanol–water partition coefficient (Wildman–Crippen LogP) is 2.49. The first-order chi connectivity index (χ1) is 5.74. The van der Waals surface area contributed by atoms with Crippen LogP contribution < -0.4 is 5.73 Å². The summed E-state index contributed by atoms with van der Waals surface area (Å²) in [6.45, 7) is 5.18. The molecule has 0 fully saturated rings. The fourth-order valence-electron chi connectivity index (χ4n) is 1.84. The van der Waals surface area contributed by atoms with Gasteiger partial charge in [0.25, 0.3) is 0 Å². The van der Waals surface area contributed by atoms with Gasteiger partial charge in [-0.3, -0.25) is 0 Å². The minimum absolute atomic E-state index is 0.673. The molecule has 1 rings (SSSR count). The summed E-state index contributed by atoms with van der Waals surface area (Å²) < 4.78 is 0. The highest BCUT2D eigenvalue weighted by Gasteiger charge is 2.16. The standard InChI is InChI=1S/C11H19N/c1-9-5-6-11(4-3-7-12)10(2)8-9/h3-4,8,10-11H,5-7,12H2,1-2H3/b4-3-. The third-order valence-corrected chi connectivity index (χ3v) is 2.61. The summed E-state index contributed by atoms with van der Waals surface area (Å²) in [5, 5.41) is 0. The maximum Gasteiger partial charge on any atom is 0.0106 e. The van der Waals surface area contributed by atoms with E-state index >= 15 is 0 Å². The first kappa shape index (κ1) is 9.53. The highest BCUT2D eigenvalue weighted by atomic mass is 14.5. The van der Waals surface area contributed by atoms with Crippen LogP contribution in [0.1, 0.15) is 26.7 Å². The van der Waals surface area contributed by atoms with E-state index in [2.05, 4.69) is 32.1 Å². The molecule has 0 bridgehead atoms. The van der Waals surface area contributed by atoms with Gasteiger partial charge < -0.3 is 5.73 Å². The van der Waals surface area contributed by atoms with E-state index in [1.54, 1.807) is 5.57 Å². The number of allylic oxidation sites excluding steroid dienone is 3. The summed E-state index contributed by atoms with van der Waals surface area (Å²) in [5.74, 6) is 1.42. The van der Waals surface area contributed by atoms with Crippen LogP contribution >= 0.6 is 0 Å². The second kappa shape index (κ2) is 4.46. The number of hydrogen-bond donors (Lipinski definition) is 1. The molecule has 2 unspecified atom stereocenters. The summed E-state index contributed by atoms with van der Waals surface area (Å²) in [7, 11) is 0. The average Bonchev–Trinajstić information content (AvgIpc) is 2.03. The number of nitrogens with two attached hydrogens (primary N) is 1. The molecule has 0 aromatic carbocycles. The highest BCUT2D eigenvalue weighted by molar-refractivity contribution is 5.10. The summed E-state index contributed by atoms with van der Waals surface area (Å²) in [5.41, 5.74) is 6.96. The molecule has 1 heteroatoms. The van der Waals surface area contributed by atoms with E-state index in [-0.39, 0.29) is 0 Å². The molecule has 2 N–H and O–H groups in total. The largest absolute Gasteiger partial charge is 0.327 e. The zero-order valence-electron chi connectivity index (χ0n) is 8.09. The van der Waals surface area contributed by atoms with Crippen LogP contribution in [0.25, 0.3) is 0 Å². The van der Waals surface area contributed by atoms with Crippen LogP contribution in [0.5, 0.6) is 0 Å². The Balaban J connectivity index is 2.53. The molecule has 1 nitrogen and oxygen atoms in total. The first-order valence-electron chi connectivity index (χ1n) is 4.78. The monoisotopic (exact) mass is 165 g/mol. The van der Waals surface area contributed by atoms with Gasteiger partial charge in [-0.05, 0) is 31.6 Å². The lowest BCUT2D eigenvalue weighted by atomic mass is 9.82. The van der Waals surface area contributed by atoms with Gasteiger partial charge in [0.1, 0.15) is 0 Å². The Kier molecular flexibility index (Phi) is 3.54. The molecule has 0 spiro atoms. The second-order valence-corrected chi connectivity index (χ2v) is 3.74. The van der Waals surface area contributed by atoms with E-state index in [4.69, 9.17) is 5.73 Å². The Morgan fingerprint density at radius 2 is 2.42 bits per heavy atom. The van der Waals surface area contributed by atoms with Crippen molar-refractivity contribution in [3.63, 3.8) is 0 Å². The molecule has 0 amide bonds. The maximum absolute atomic E-state index is 5.42. The van der Waals surface area contributed by atoms with Crippen molar-refractivity contribution in [2.45, 2.75) is 26.7 Å². The molecule has 0 aromatic rings. The number of hydrogen-bond acceptors (Lipinski definition) is 1. The number of rotatable bonds is 2. The molecular weight excluding hydrogens is 146 g/mol. The molecule has 68 valence electrons. The van der Waals surface area contributed by atoms with Crippen molar-refractivity contribution >= 4 is 0 Å². The molecule has 0 saturated carbocycles. The zero-order chi connectivity index (χ0) is 8.97. The van der Waals surface area contributed by atoms with Gasteiger partial charge in [0.15, 0.2) is 0 Å². The lowest BCUT2D eigenvalue weighted by Crippen LogP contribution is -2.12. The minimum Gasteiger partial charge on any atom is -0.327 e. The van der Waals surface area contributed by atoms with Crippen molar-refractivity contribution in [1.82, 2.24) is 0 Å². The van der Waals surface area contributed by atoms with Gasteiger partial charge in [0, 0.05) is 6.54 Å². The fourth-order valence-corrected chi connectivity index (χ4v) is 1.84. The molecule has 2 atom stereocenters. The lowest BCUT2D eigenvalue weighted by Gasteiger charge is -2.23. The van der Waals surface area contributed by atoms with Crippen LogP contribution in [0.2, 0.25) is 0 Å². The van der Waals surface area contributed by atoms with Crippen LogP contribution in [-0.4, -0.2) is 6.54 Å². The van der Waals surface area contributed by atoms with Crippen molar-refractivity contribution < 1.29 is 0 Å². The molecule has 0 saturated heterocycles. The van der Waals surface area contributed by atoms with Gasteiger partial charge in [0.05, 0.1) is 0 Å². The topological polar surface area (TPSA) is 26.0 Å². The Labute approximate surface area is 75.3 Å². The fraction of sp³-hybridized carbons (Fsp3) is 0.636. The quantitative estimate of drug-likeness (QED) is 0.625. The van der Waals surface area contributed by atoms with E-state index in [9.17, 15) is 0 Å². The second-order valence-electron chi connectivity index (χ2n) is 3.74. The van der Waals surface area contributed by atoms with Crippen molar-refractivity contribution in [2.24, 2.45) is 17.6 Å². The molecule has 0 aromatic heterocycles. The van der Waals surface area contributed by atoms with Gasteiger partial charge in [-0.1, -0.05) is 30.7 Å². The van der Waals surface area contributed by atoms with E-state index in [0.29, 0.717) is 12.5 Å². The third kappa shape index (κ3) is 2.49. The van der Waals surface area contributed by atoms with Gasteiger partial charge in [-0.2, -0.15) is 0 Å². The van der Waals surface area contributed by atoms with Crippen molar-refractivity contribution in [3.05, 3.63) is 23.8 Å². The van der Waals surface area contributed by atoms with Crippen LogP contribution in [0.4, 0.5) is 0 Å². The molecule has 0 aliphatic heterocycles. The van der Waals surface area contributed by atoms with Crippen LogP contribution in [0.15, 0.2) is 23.8 Å². The van der Waals surface area contributed by atoms with Crippen LogP contribution in [0.3, 0.4) is 0 Å². The van der Waals surface area contributed by atoms with Crippen LogP contribution in [0, 0.1) is 11.8 Å². The zero-order valence-corrected chi connectivity index (χ0v) is 8.09.